The van der Waals surface area contributed by atoms with Crippen molar-refractivity contribution in [3.05, 3.63) is 31.9 Å². The number of halogens is 2. The first kappa shape index (κ1) is 11.0. The lowest BCUT2D eigenvalue weighted by molar-refractivity contribution is 0.756. The maximum atomic E-state index is 5.04. The summed E-state index contributed by atoms with van der Waals surface area (Å²) >= 11 is 11.9. The minimum atomic E-state index is 0.539. The molecule has 1 N–H and O–H groups in total. The molecule has 0 saturated carbocycles. The number of aromatic nitrogens is 3. The highest BCUT2D eigenvalue weighted by molar-refractivity contribution is 9.11. The molecule has 0 spiro atoms. The van der Waals surface area contributed by atoms with Crippen molar-refractivity contribution in [2.24, 2.45) is 7.05 Å². The van der Waals surface area contributed by atoms with Crippen molar-refractivity contribution in [2.75, 3.05) is 0 Å². The molecule has 78 valence electrons. The van der Waals surface area contributed by atoms with E-state index in [1.54, 1.807) is 4.68 Å². The van der Waals surface area contributed by atoms with Gasteiger partial charge in [-0.2, -0.15) is 4.98 Å². The van der Waals surface area contributed by atoms with Crippen LogP contribution < -0.4 is 0 Å². The molecule has 0 aliphatic rings. The van der Waals surface area contributed by atoms with Gasteiger partial charge in [0, 0.05) is 21.6 Å². The SMILES string of the molecule is Cn1[nH]c(-c2cc(Br)ccc2Br)nc1=S. The lowest BCUT2D eigenvalue weighted by atomic mass is 10.2. The maximum Gasteiger partial charge on any atom is 0.216 e. The van der Waals surface area contributed by atoms with Gasteiger partial charge in [-0.3, -0.25) is 9.78 Å². The first-order valence-corrected chi connectivity index (χ1v) is 6.16. The first-order valence-electron chi connectivity index (χ1n) is 4.16. The summed E-state index contributed by atoms with van der Waals surface area (Å²) in [5.41, 5.74) is 0.982. The van der Waals surface area contributed by atoms with Crippen molar-refractivity contribution < 1.29 is 0 Å². The van der Waals surface area contributed by atoms with E-state index in [0.29, 0.717) is 4.77 Å². The Morgan fingerprint density at radius 1 is 1.40 bits per heavy atom. The molecule has 2 aromatic rings. The van der Waals surface area contributed by atoms with E-state index in [4.69, 9.17) is 12.2 Å². The van der Waals surface area contributed by atoms with E-state index in [-0.39, 0.29) is 0 Å². The number of rotatable bonds is 1. The van der Waals surface area contributed by atoms with Crippen LogP contribution in [0.5, 0.6) is 0 Å². The Kier molecular flexibility index (Phi) is 3.08. The Morgan fingerprint density at radius 2 is 2.13 bits per heavy atom. The first-order chi connectivity index (χ1) is 7.08. The van der Waals surface area contributed by atoms with E-state index in [0.717, 1.165) is 20.3 Å². The second-order valence-electron chi connectivity index (χ2n) is 3.04. The number of aryl methyl sites for hydroxylation is 1. The molecule has 2 rings (SSSR count). The van der Waals surface area contributed by atoms with Crippen LogP contribution in [-0.4, -0.2) is 14.8 Å². The number of nitrogens with one attached hydrogen (secondary N) is 1. The quantitative estimate of drug-likeness (QED) is 0.798. The van der Waals surface area contributed by atoms with Gasteiger partial charge in [-0.05, 0) is 30.4 Å². The van der Waals surface area contributed by atoms with Crippen LogP contribution in [0.2, 0.25) is 0 Å². The number of H-pyrrole nitrogens is 1. The molecular formula is C9H7Br2N3S. The monoisotopic (exact) mass is 347 g/mol. The molecule has 3 nitrogen and oxygen atoms in total. The number of hydrogen-bond donors (Lipinski definition) is 1. The van der Waals surface area contributed by atoms with Gasteiger partial charge in [0.25, 0.3) is 0 Å². The van der Waals surface area contributed by atoms with Crippen LogP contribution in [0.15, 0.2) is 27.1 Å². The third kappa shape index (κ3) is 2.21. The van der Waals surface area contributed by atoms with Gasteiger partial charge in [0.2, 0.25) is 4.77 Å². The Labute approximate surface area is 109 Å². The summed E-state index contributed by atoms with van der Waals surface area (Å²) in [7, 11) is 1.84. The van der Waals surface area contributed by atoms with Gasteiger partial charge < -0.3 is 0 Å². The highest BCUT2D eigenvalue weighted by Gasteiger charge is 2.07. The number of hydrogen-bond acceptors (Lipinski definition) is 2. The number of benzene rings is 1. The molecule has 0 saturated heterocycles. The second kappa shape index (κ2) is 4.19. The molecular weight excluding hydrogens is 342 g/mol. The smallest absolute Gasteiger partial charge is 0.216 e. The lowest BCUT2D eigenvalue weighted by Gasteiger charge is -2.00. The standard InChI is InChI=1S/C9H7Br2N3S/c1-14-9(15)12-8(13-14)6-4-5(10)2-3-7(6)11/h2-4H,1H3,(H,12,13,15). The third-order valence-electron chi connectivity index (χ3n) is 1.95. The molecule has 0 amide bonds. The minimum Gasteiger partial charge on any atom is -0.279 e. The van der Waals surface area contributed by atoms with Crippen molar-refractivity contribution in [3.63, 3.8) is 0 Å². The summed E-state index contributed by atoms with van der Waals surface area (Å²) in [6.07, 6.45) is 0. The zero-order valence-corrected chi connectivity index (χ0v) is 11.8. The summed E-state index contributed by atoms with van der Waals surface area (Å²) < 4.78 is 4.23. The van der Waals surface area contributed by atoms with Crippen LogP contribution in [0.3, 0.4) is 0 Å². The van der Waals surface area contributed by atoms with Gasteiger partial charge in [0.15, 0.2) is 5.82 Å². The lowest BCUT2D eigenvalue weighted by Crippen LogP contribution is -1.89. The van der Waals surface area contributed by atoms with Gasteiger partial charge in [-0.15, -0.1) is 0 Å². The average molecular weight is 349 g/mol. The van der Waals surface area contributed by atoms with Crippen LogP contribution in [0, 0.1) is 4.77 Å². The van der Waals surface area contributed by atoms with Crippen LogP contribution in [0.1, 0.15) is 0 Å². The highest BCUT2D eigenvalue weighted by Crippen LogP contribution is 2.28. The molecule has 1 heterocycles. The average Bonchev–Trinajstić information content (AvgIpc) is 2.51. The van der Waals surface area contributed by atoms with E-state index in [2.05, 4.69) is 41.9 Å². The summed E-state index contributed by atoms with van der Waals surface area (Å²) in [6.45, 7) is 0. The Balaban J connectivity index is 2.63. The maximum absolute atomic E-state index is 5.04. The summed E-state index contributed by atoms with van der Waals surface area (Å²) in [6, 6.07) is 5.91. The van der Waals surface area contributed by atoms with Gasteiger partial charge in [-0.25, -0.2) is 0 Å². The summed E-state index contributed by atoms with van der Waals surface area (Å²) in [5, 5.41) is 3.08. The van der Waals surface area contributed by atoms with E-state index >= 15 is 0 Å². The largest absolute Gasteiger partial charge is 0.279 e. The van der Waals surface area contributed by atoms with Gasteiger partial charge in [0.1, 0.15) is 0 Å². The van der Waals surface area contributed by atoms with E-state index in [1.165, 1.54) is 0 Å². The van der Waals surface area contributed by atoms with Crippen molar-refractivity contribution in [2.45, 2.75) is 0 Å². The van der Waals surface area contributed by atoms with Gasteiger partial charge in [0.05, 0.1) is 0 Å². The fraction of sp³-hybridized carbons (Fsp3) is 0.111. The topological polar surface area (TPSA) is 33.6 Å². The van der Waals surface area contributed by atoms with Gasteiger partial charge in [-0.1, -0.05) is 31.9 Å². The predicted molar refractivity (Wildman–Crippen MR) is 69.2 cm³/mol. The van der Waals surface area contributed by atoms with Crippen molar-refractivity contribution in [1.29, 1.82) is 0 Å². The van der Waals surface area contributed by atoms with Crippen molar-refractivity contribution >= 4 is 44.1 Å². The van der Waals surface area contributed by atoms with Crippen molar-refractivity contribution in [1.82, 2.24) is 14.8 Å². The molecule has 0 fully saturated rings. The molecule has 1 aromatic heterocycles. The number of aromatic amines is 1. The molecule has 6 heteroatoms. The Morgan fingerprint density at radius 3 is 2.73 bits per heavy atom. The van der Waals surface area contributed by atoms with Crippen LogP contribution >= 0.6 is 44.1 Å². The molecule has 0 aliphatic carbocycles. The van der Waals surface area contributed by atoms with Crippen LogP contribution in [0.4, 0.5) is 0 Å². The van der Waals surface area contributed by atoms with Crippen LogP contribution in [-0.2, 0) is 7.05 Å². The van der Waals surface area contributed by atoms with Crippen LogP contribution in [0.25, 0.3) is 11.4 Å². The van der Waals surface area contributed by atoms with Gasteiger partial charge >= 0.3 is 0 Å². The molecule has 0 bridgehead atoms. The molecule has 0 aliphatic heterocycles. The minimum absolute atomic E-state index is 0.539. The molecule has 0 atom stereocenters. The predicted octanol–water partition coefficient (Wildman–Crippen LogP) is 3.67. The molecule has 0 radical (unpaired) electrons. The zero-order chi connectivity index (χ0) is 11.0. The number of nitrogens with zero attached hydrogens (tertiary/aromatic N) is 2. The summed E-state index contributed by atoms with van der Waals surface area (Å²) in [4.78, 5) is 4.25. The zero-order valence-electron chi connectivity index (χ0n) is 7.79. The fourth-order valence-corrected chi connectivity index (χ4v) is 2.13. The van der Waals surface area contributed by atoms with E-state index in [9.17, 15) is 0 Å². The summed E-state index contributed by atoms with van der Waals surface area (Å²) in [5.74, 6) is 0.760. The molecule has 15 heavy (non-hydrogen) atoms. The normalized spacial score (nSPS) is 10.6. The molecule has 1 aromatic carbocycles. The highest BCUT2D eigenvalue weighted by atomic mass is 79.9. The third-order valence-corrected chi connectivity index (χ3v) is 3.50. The second-order valence-corrected chi connectivity index (χ2v) is 5.17. The Bertz CT molecular complexity index is 559. The van der Waals surface area contributed by atoms with E-state index in [1.807, 2.05) is 25.2 Å². The fourth-order valence-electron chi connectivity index (χ4n) is 1.20. The van der Waals surface area contributed by atoms with E-state index < -0.39 is 0 Å². The Hall–Kier alpha value is -0.460. The van der Waals surface area contributed by atoms with Crippen molar-refractivity contribution in [3.8, 4) is 11.4 Å². The molecule has 0 unspecified atom stereocenters.